The van der Waals surface area contributed by atoms with E-state index in [2.05, 4.69) is 35.8 Å². The molecule has 0 amide bonds. The smallest absolute Gasteiger partial charge is 0.333 e. The molecule has 7 heteroatoms. The summed E-state index contributed by atoms with van der Waals surface area (Å²) in [4.78, 5) is 13.1. The highest BCUT2D eigenvalue weighted by Crippen LogP contribution is 2.38. The van der Waals surface area contributed by atoms with Crippen LogP contribution in [0, 0.1) is 0 Å². The maximum absolute atomic E-state index is 11.6. The Hall–Kier alpha value is -3.35. The first-order chi connectivity index (χ1) is 16.6. The number of ether oxygens (including phenoxy) is 2. The van der Waals surface area contributed by atoms with Crippen molar-refractivity contribution in [2.45, 2.75) is 72.1 Å². The van der Waals surface area contributed by atoms with Crippen molar-refractivity contribution in [3.05, 3.63) is 53.6 Å². The zero-order valence-electron chi connectivity index (χ0n) is 21.6. The van der Waals surface area contributed by atoms with Crippen LogP contribution in [0.5, 0.6) is 11.5 Å². The molecule has 2 aromatic carbocycles. The van der Waals surface area contributed by atoms with Gasteiger partial charge >= 0.3 is 5.97 Å². The molecule has 0 unspecified atom stereocenters. The summed E-state index contributed by atoms with van der Waals surface area (Å²) in [6.45, 7) is 13.7. The van der Waals surface area contributed by atoms with E-state index < -0.39 is 5.97 Å². The molecule has 0 spiro atoms. The molecule has 0 saturated heterocycles. The number of benzene rings is 2. The Morgan fingerprint density at radius 3 is 2.49 bits per heavy atom. The third-order valence-electron chi connectivity index (χ3n) is 5.78. The molecule has 7 nitrogen and oxygen atoms in total. The van der Waals surface area contributed by atoms with E-state index in [9.17, 15) is 9.90 Å². The number of unbranched alkanes of at least 4 members (excludes halogenated alkanes) is 3. The molecule has 1 aromatic heterocycles. The SMILES string of the molecule is C=C(C)C(=O)OCCOc1cc(-n2nc3ccc(CCCCCC)cc3n2)c(O)c(C(C)(C)C)c1. The predicted molar refractivity (Wildman–Crippen MR) is 138 cm³/mol. The van der Waals surface area contributed by atoms with Crippen molar-refractivity contribution >= 4 is 17.0 Å². The van der Waals surface area contributed by atoms with Crippen molar-refractivity contribution in [3.8, 4) is 17.2 Å². The highest BCUT2D eigenvalue weighted by Gasteiger charge is 2.24. The minimum atomic E-state index is -0.451. The Bertz CT molecular complexity index is 1190. The Kier molecular flexibility index (Phi) is 8.54. The molecule has 188 valence electrons. The summed E-state index contributed by atoms with van der Waals surface area (Å²) in [6.07, 6.45) is 5.87. The second-order valence-corrected chi connectivity index (χ2v) is 9.98. The summed E-state index contributed by atoms with van der Waals surface area (Å²) in [6, 6.07) is 9.65. The molecule has 1 N–H and O–H groups in total. The fourth-order valence-corrected chi connectivity index (χ4v) is 3.80. The second kappa shape index (κ2) is 11.4. The highest BCUT2D eigenvalue weighted by molar-refractivity contribution is 5.86. The number of fused-ring (bicyclic) bond motifs is 1. The van der Waals surface area contributed by atoms with Crippen LogP contribution < -0.4 is 4.74 Å². The van der Waals surface area contributed by atoms with E-state index in [-0.39, 0.29) is 24.4 Å². The Labute approximate surface area is 207 Å². The van der Waals surface area contributed by atoms with Gasteiger partial charge in [-0.05, 0) is 48.9 Å². The summed E-state index contributed by atoms with van der Waals surface area (Å²) >= 11 is 0. The van der Waals surface area contributed by atoms with Gasteiger partial charge in [0, 0.05) is 17.2 Å². The van der Waals surface area contributed by atoms with Gasteiger partial charge in [0.2, 0.25) is 0 Å². The summed E-state index contributed by atoms with van der Waals surface area (Å²) in [5.41, 5.74) is 3.93. The van der Waals surface area contributed by atoms with Crippen molar-refractivity contribution in [1.29, 1.82) is 0 Å². The molecule has 0 saturated carbocycles. The van der Waals surface area contributed by atoms with Gasteiger partial charge in [-0.1, -0.05) is 59.6 Å². The van der Waals surface area contributed by atoms with E-state index in [1.165, 1.54) is 29.6 Å². The van der Waals surface area contributed by atoms with Crippen LogP contribution in [0.15, 0.2) is 42.5 Å². The zero-order chi connectivity index (χ0) is 25.6. The van der Waals surface area contributed by atoms with Crippen LogP contribution in [-0.2, 0) is 21.4 Å². The molecule has 0 fully saturated rings. The van der Waals surface area contributed by atoms with E-state index in [0.29, 0.717) is 22.6 Å². The normalized spacial score (nSPS) is 11.6. The number of aromatic nitrogens is 3. The number of aryl methyl sites for hydroxylation is 1. The van der Waals surface area contributed by atoms with Gasteiger partial charge in [-0.2, -0.15) is 0 Å². The molecular formula is C28H37N3O4. The number of nitrogens with zero attached hydrogens (tertiary/aromatic N) is 3. The largest absolute Gasteiger partial charge is 0.505 e. The molecule has 1 heterocycles. The zero-order valence-corrected chi connectivity index (χ0v) is 21.6. The third kappa shape index (κ3) is 6.84. The summed E-state index contributed by atoms with van der Waals surface area (Å²) in [7, 11) is 0. The molecule has 0 bridgehead atoms. The lowest BCUT2D eigenvalue weighted by Crippen LogP contribution is -2.15. The van der Waals surface area contributed by atoms with E-state index in [4.69, 9.17) is 9.47 Å². The van der Waals surface area contributed by atoms with Crippen molar-refractivity contribution in [2.24, 2.45) is 0 Å². The first-order valence-corrected chi connectivity index (χ1v) is 12.3. The number of phenolic OH excluding ortho intramolecular Hbond substituents is 1. The van der Waals surface area contributed by atoms with Crippen molar-refractivity contribution in [2.75, 3.05) is 13.2 Å². The van der Waals surface area contributed by atoms with Gasteiger partial charge in [-0.25, -0.2) is 4.79 Å². The minimum absolute atomic E-state index is 0.0949. The topological polar surface area (TPSA) is 86.5 Å². The maximum Gasteiger partial charge on any atom is 0.333 e. The number of esters is 1. The van der Waals surface area contributed by atoms with Gasteiger partial charge < -0.3 is 14.6 Å². The Morgan fingerprint density at radius 2 is 1.80 bits per heavy atom. The third-order valence-corrected chi connectivity index (χ3v) is 5.78. The lowest BCUT2D eigenvalue weighted by molar-refractivity contribution is -0.139. The first-order valence-electron chi connectivity index (χ1n) is 12.3. The fraction of sp³-hybridized carbons (Fsp3) is 0.464. The quantitative estimate of drug-likeness (QED) is 0.205. The number of phenols is 1. The lowest BCUT2D eigenvalue weighted by atomic mass is 9.86. The predicted octanol–water partition coefficient (Wildman–Crippen LogP) is 6.04. The molecular weight excluding hydrogens is 442 g/mol. The molecule has 0 aliphatic carbocycles. The average Bonchev–Trinajstić information content (AvgIpc) is 3.22. The summed E-state index contributed by atoms with van der Waals surface area (Å²) < 4.78 is 11.0. The number of hydrogen-bond acceptors (Lipinski definition) is 6. The van der Waals surface area contributed by atoms with E-state index in [1.54, 1.807) is 19.1 Å². The van der Waals surface area contributed by atoms with E-state index >= 15 is 0 Å². The van der Waals surface area contributed by atoms with Crippen molar-refractivity contribution < 1.29 is 19.4 Å². The van der Waals surface area contributed by atoms with Crippen LogP contribution >= 0.6 is 0 Å². The number of aromatic hydroxyl groups is 1. The van der Waals surface area contributed by atoms with Crippen LogP contribution in [0.4, 0.5) is 0 Å². The van der Waals surface area contributed by atoms with Crippen LogP contribution in [0.1, 0.15) is 71.4 Å². The summed E-state index contributed by atoms with van der Waals surface area (Å²) in [5, 5.41) is 20.4. The molecule has 3 rings (SSSR count). The van der Waals surface area contributed by atoms with Crippen LogP contribution in [0.25, 0.3) is 16.7 Å². The average molecular weight is 480 g/mol. The second-order valence-electron chi connectivity index (χ2n) is 9.98. The Morgan fingerprint density at radius 1 is 1.06 bits per heavy atom. The van der Waals surface area contributed by atoms with Gasteiger partial charge in [-0.3, -0.25) is 0 Å². The van der Waals surface area contributed by atoms with Gasteiger partial charge in [0.25, 0.3) is 0 Å². The summed E-state index contributed by atoms with van der Waals surface area (Å²) in [5.74, 6) is 0.193. The standard InChI is InChI=1S/C28H37N3O4/c1-7-8-9-10-11-20-12-13-23-24(16-20)30-31(29-23)25-18-21(17-22(26(25)32)28(4,5)6)34-14-15-35-27(33)19(2)3/h12-13,16-18,32H,2,7-11,14-15H2,1,3-6H3. The van der Waals surface area contributed by atoms with Gasteiger partial charge in [0.05, 0.1) is 0 Å². The fourth-order valence-electron chi connectivity index (χ4n) is 3.80. The molecule has 0 atom stereocenters. The number of rotatable bonds is 11. The molecule has 35 heavy (non-hydrogen) atoms. The van der Waals surface area contributed by atoms with Gasteiger partial charge in [0.15, 0.2) is 0 Å². The van der Waals surface area contributed by atoms with Gasteiger partial charge in [0.1, 0.15) is 41.4 Å². The number of carbonyl (C=O) groups excluding carboxylic acids is 1. The number of hydrogen-bond donors (Lipinski definition) is 1. The van der Waals surface area contributed by atoms with Crippen LogP contribution in [-0.4, -0.2) is 39.3 Å². The van der Waals surface area contributed by atoms with E-state index in [0.717, 1.165) is 23.9 Å². The minimum Gasteiger partial charge on any atom is -0.505 e. The van der Waals surface area contributed by atoms with Crippen LogP contribution in [0.3, 0.4) is 0 Å². The number of carbonyl (C=O) groups is 1. The molecule has 0 radical (unpaired) electrons. The monoisotopic (exact) mass is 479 g/mol. The molecule has 0 aliphatic heterocycles. The molecule has 0 aliphatic rings. The first kappa shape index (κ1) is 26.3. The van der Waals surface area contributed by atoms with Crippen molar-refractivity contribution in [1.82, 2.24) is 15.0 Å². The lowest BCUT2D eigenvalue weighted by Gasteiger charge is -2.23. The maximum atomic E-state index is 11.6. The van der Waals surface area contributed by atoms with E-state index in [1.807, 2.05) is 26.8 Å². The van der Waals surface area contributed by atoms with Crippen molar-refractivity contribution in [3.63, 3.8) is 0 Å². The molecule has 3 aromatic rings. The van der Waals surface area contributed by atoms with Crippen LogP contribution in [0.2, 0.25) is 0 Å². The highest BCUT2D eigenvalue weighted by atomic mass is 16.6. The Balaban J connectivity index is 1.87. The van der Waals surface area contributed by atoms with Gasteiger partial charge in [-0.15, -0.1) is 15.0 Å².